The van der Waals surface area contributed by atoms with Gasteiger partial charge < -0.3 is 5.73 Å². The number of nitrogens with two attached hydrogens (primary N) is 1. The van der Waals surface area contributed by atoms with Crippen molar-refractivity contribution < 1.29 is 0 Å². The second-order valence-electron chi connectivity index (χ2n) is 3.80. The largest absolute Gasteiger partial charge is 0.328 e. The highest BCUT2D eigenvalue weighted by molar-refractivity contribution is 4.57. The first-order valence-corrected chi connectivity index (χ1v) is 4.92. The van der Waals surface area contributed by atoms with Gasteiger partial charge >= 0.3 is 0 Å². The van der Waals surface area contributed by atoms with Gasteiger partial charge in [0.25, 0.3) is 0 Å². The van der Waals surface area contributed by atoms with Crippen LogP contribution in [0.1, 0.15) is 52.9 Å². The molecule has 2 unspecified atom stereocenters. The summed E-state index contributed by atoms with van der Waals surface area (Å²) < 4.78 is 0. The van der Waals surface area contributed by atoms with Crippen LogP contribution in [0.4, 0.5) is 0 Å². The van der Waals surface area contributed by atoms with Crippen LogP contribution in [0.5, 0.6) is 0 Å². The van der Waals surface area contributed by atoms with E-state index in [0.29, 0.717) is 6.04 Å². The van der Waals surface area contributed by atoms with Gasteiger partial charge in [-0.3, -0.25) is 0 Å². The maximum Gasteiger partial charge on any atom is 0.00104 e. The molecule has 0 aliphatic carbocycles. The molecule has 0 rings (SSSR count). The average Bonchev–Trinajstić information content (AvgIpc) is 1.87. The maximum atomic E-state index is 5.65. The highest BCUT2D eigenvalue weighted by Crippen LogP contribution is 2.13. The first-order chi connectivity index (χ1) is 5.16. The van der Waals surface area contributed by atoms with Gasteiger partial charge in [-0.2, -0.15) is 0 Å². The molecule has 0 radical (unpaired) electrons. The molecular formula is C10H23N. The lowest BCUT2D eigenvalue weighted by Gasteiger charge is -2.10. The van der Waals surface area contributed by atoms with Crippen LogP contribution >= 0.6 is 0 Å². The molecule has 2 N–H and O–H groups in total. The molecule has 0 saturated heterocycles. The van der Waals surface area contributed by atoms with E-state index in [9.17, 15) is 0 Å². The normalized spacial score (nSPS) is 16.4. The van der Waals surface area contributed by atoms with Gasteiger partial charge in [0.15, 0.2) is 0 Å². The SMILES string of the molecule is CCCC(C)CCCC(C)N. The summed E-state index contributed by atoms with van der Waals surface area (Å²) in [7, 11) is 0. The van der Waals surface area contributed by atoms with Gasteiger partial charge in [-0.15, -0.1) is 0 Å². The maximum absolute atomic E-state index is 5.65. The van der Waals surface area contributed by atoms with Crippen molar-refractivity contribution >= 4 is 0 Å². The smallest absolute Gasteiger partial charge is 0.00104 e. The molecular weight excluding hydrogens is 134 g/mol. The van der Waals surface area contributed by atoms with Gasteiger partial charge in [0.05, 0.1) is 0 Å². The van der Waals surface area contributed by atoms with Crippen LogP contribution in [0.15, 0.2) is 0 Å². The van der Waals surface area contributed by atoms with Crippen molar-refractivity contribution in [1.82, 2.24) is 0 Å². The molecule has 0 saturated carbocycles. The average molecular weight is 157 g/mol. The fourth-order valence-electron chi connectivity index (χ4n) is 1.43. The molecule has 2 atom stereocenters. The molecule has 1 nitrogen and oxygen atoms in total. The summed E-state index contributed by atoms with van der Waals surface area (Å²) in [5, 5.41) is 0. The molecule has 11 heavy (non-hydrogen) atoms. The van der Waals surface area contributed by atoms with Crippen molar-refractivity contribution in [3.05, 3.63) is 0 Å². The van der Waals surface area contributed by atoms with Crippen LogP contribution < -0.4 is 5.73 Å². The topological polar surface area (TPSA) is 26.0 Å². The standard InChI is InChI=1S/C10H23N/c1-4-6-9(2)7-5-8-10(3)11/h9-10H,4-8,11H2,1-3H3. The lowest BCUT2D eigenvalue weighted by molar-refractivity contribution is 0.449. The summed E-state index contributed by atoms with van der Waals surface area (Å²) in [6.07, 6.45) is 6.54. The zero-order valence-electron chi connectivity index (χ0n) is 8.27. The second kappa shape index (κ2) is 6.66. The van der Waals surface area contributed by atoms with Gasteiger partial charge in [-0.25, -0.2) is 0 Å². The third-order valence-corrected chi connectivity index (χ3v) is 2.14. The molecule has 0 fully saturated rings. The van der Waals surface area contributed by atoms with E-state index in [0.717, 1.165) is 5.92 Å². The lowest BCUT2D eigenvalue weighted by Crippen LogP contribution is -2.14. The summed E-state index contributed by atoms with van der Waals surface area (Å²) >= 11 is 0. The molecule has 0 aliphatic rings. The number of rotatable bonds is 6. The molecule has 0 heterocycles. The second-order valence-corrected chi connectivity index (χ2v) is 3.80. The number of hydrogen-bond acceptors (Lipinski definition) is 1. The Kier molecular flexibility index (Phi) is 6.63. The van der Waals surface area contributed by atoms with Crippen LogP contribution in [0.25, 0.3) is 0 Å². The minimum Gasteiger partial charge on any atom is -0.328 e. The molecule has 1 heteroatoms. The van der Waals surface area contributed by atoms with Crippen LogP contribution in [0, 0.1) is 5.92 Å². The van der Waals surface area contributed by atoms with Crippen LogP contribution in [-0.2, 0) is 0 Å². The monoisotopic (exact) mass is 157 g/mol. The Bertz CT molecular complexity index is 78.9. The first-order valence-electron chi connectivity index (χ1n) is 4.92. The van der Waals surface area contributed by atoms with E-state index in [2.05, 4.69) is 20.8 Å². The van der Waals surface area contributed by atoms with Crippen molar-refractivity contribution in [3.63, 3.8) is 0 Å². The highest BCUT2D eigenvalue weighted by Gasteiger charge is 2.00. The van der Waals surface area contributed by atoms with E-state index in [4.69, 9.17) is 5.73 Å². The van der Waals surface area contributed by atoms with E-state index < -0.39 is 0 Å². The molecule has 0 aromatic heterocycles. The van der Waals surface area contributed by atoms with Gasteiger partial charge in [-0.1, -0.05) is 39.5 Å². The predicted octanol–water partition coefficient (Wildman–Crippen LogP) is 2.94. The molecule has 0 bridgehead atoms. The quantitative estimate of drug-likeness (QED) is 0.630. The van der Waals surface area contributed by atoms with E-state index in [1.165, 1.54) is 32.1 Å². The molecule has 0 aromatic carbocycles. The summed E-state index contributed by atoms with van der Waals surface area (Å²) in [6, 6.07) is 0.392. The molecule has 0 aromatic rings. The van der Waals surface area contributed by atoms with Gasteiger partial charge in [0.2, 0.25) is 0 Å². The molecule has 0 spiro atoms. The van der Waals surface area contributed by atoms with Crippen LogP contribution in [0.2, 0.25) is 0 Å². The lowest BCUT2D eigenvalue weighted by atomic mass is 9.98. The molecule has 0 aliphatic heterocycles. The Morgan fingerprint density at radius 1 is 1.09 bits per heavy atom. The van der Waals surface area contributed by atoms with Crippen molar-refractivity contribution in [2.24, 2.45) is 11.7 Å². The third-order valence-electron chi connectivity index (χ3n) is 2.14. The minimum atomic E-state index is 0.392. The van der Waals surface area contributed by atoms with Crippen LogP contribution in [-0.4, -0.2) is 6.04 Å². The van der Waals surface area contributed by atoms with E-state index in [1.54, 1.807) is 0 Å². The van der Waals surface area contributed by atoms with E-state index in [1.807, 2.05) is 0 Å². The zero-order chi connectivity index (χ0) is 8.69. The molecule has 68 valence electrons. The van der Waals surface area contributed by atoms with Crippen molar-refractivity contribution in [2.75, 3.05) is 0 Å². The Labute approximate surface area is 71.4 Å². The summed E-state index contributed by atoms with van der Waals surface area (Å²) in [5.74, 6) is 0.902. The third kappa shape index (κ3) is 7.86. The van der Waals surface area contributed by atoms with E-state index >= 15 is 0 Å². The first kappa shape index (κ1) is 11.0. The Morgan fingerprint density at radius 2 is 1.73 bits per heavy atom. The Morgan fingerprint density at radius 3 is 2.18 bits per heavy atom. The van der Waals surface area contributed by atoms with Crippen molar-refractivity contribution in [1.29, 1.82) is 0 Å². The highest BCUT2D eigenvalue weighted by atomic mass is 14.6. The Balaban J connectivity index is 3.10. The molecule has 0 amide bonds. The van der Waals surface area contributed by atoms with Gasteiger partial charge in [0, 0.05) is 6.04 Å². The minimum absolute atomic E-state index is 0.392. The summed E-state index contributed by atoms with van der Waals surface area (Å²) in [4.78, 5) is 0. The van der Waals surface area contributed by atoms with Gasteiger partial charge in [-0.05, 0) is 19.3 Å². The van der Waals surface area contributed by atoms with Crippen LogP contribution in [0.3, 0.4) is 0 Å². The fourth-order valence-corrected chi connectivity index (χ4v) is 1.43. The predicted molar refractivity (Wildman–Crippen MR) is 51.6 cm³/mol. The fraction of sp³-hybridized carbons (Fsp3) is 1.00. The van der Waals surface area contributed by atoms with E-state index in [-0.39, 0.29) is 0 Å². The summed E-state index contributed by atoms with van der Waals surface area (Å²) in [5.41, 5.74) is 5.65. The van der Waals surface area contributed by atoms with Crippen molar-refractivity contribution in [3.8, 4) is 0 Å². The Hall–Kier alpha value is -0.0400. The number of hydrogen-bond donors (Lipinski definition) is 1. The zero-order valence-corrected chi connectivity index (χ0v) is 8.27. The summed E-state index contributed by atoms with van der Waals surface area (Å²) in [6.45, 7) is 6.68. The van der Waals surface area contributed by atoms with Gasteiger partial charge in [0.1, 0.15) is 0 Å². The van der Waals surface area contributed by atoms with Crippen molar-refractivity contribution in [2.45, 2.75) is 58.9 Å².